The molecule has 2 aromatic rings. The van der Waals surface area contributed by atoms with Gasteiger partial charge in [-0.05, 0) is 69.2 Å². The maximum Gasteiger partial charge on any atom is 0.350 e. The average Bonchev–Trinajstić information content (AvgIpc) is 3.14. The number of carbonyl (C=O) groups excluding carboxylic acids is 2. The molecule has 0 bridgehead atoms. The van der Waals surface area contributed by atoms with E-state index in [-0.39, 0.29) is 17.9 Å². The Morgan fingerprint density at radius 3 is 2.43 bits per heavy atom. The number of hydrogen-bond donors (Lipinski definition) is 1. The van der Waals surface area contributed by atoms with Crippen LogP contribution >= 0.6 is 22.9 Å². The highest BCUT2D eigenvalue weighted by molar-refractivity contribution is 7.18. The smallest absolute Gasteiger partial charge is 0.350 e. The van der Waals surface area contributed by atoms with E-state index in [1.54, 1.807) is 17.0 Å². The first-order chi connectivity index (χ1) is 14.2. The van der Waals surface area contributed by atoms with Crippen molar-refractivity contribution in [1.29, 1.82) is 0 Å². The van der Waals surface area contributed by atoms with Crippen molar-refractivity contribution in [3.8, 4) is 10.4 Å². The van der Waals surface area contributed by atoms with E-state index in [1.165, 1.54) is 18.4 Å². The molecule has 0 radical (unpaired) electrons. The summed E-state index contributed by atoms with van der Waals surface area (Å²) < 4.78 is 5.03. The predicted molar refractivity (Wildman–Crippen MR) is 124 cm³/mol. The van der Waals surface area contributed by atoms with Crippen LogP contribution in [0.3, 0.4) is 0 Å². The Labute approximate surface area is 187 Å². The highest BCUT2D eigenvalue weighted by Crippen LogP contribution is 2.41. The minimum Gasteiger partial charge on any atom is -0.465 e. The number of methoxy groups -OCH3 is 1. The van der Waals surface area contributed by atoms with Crippen molar-refractivity contribution in [1.82, 2.24) is 0 Å². The van der Waals surface area contributed by atoms with E-state index in [9.17, 15) is 9.59 Å². The summed E-state index contributed by atoms with van der Waals surface area (Å²) in [6.45, 7) is 6.18. The van der Waals surface area contributed by atoms with E-state index in [0.29, 0.717) is 27.2 Å². The number of ether oxygens (including phenoxy) is 1. The van der Waals surface area contributed by atoms with Gasteiger partial charge in [-0.25, -0.2) is 4.79 Å². The fourth-order valence-electron chi connectivity index (χ4n) is 3.98. The lowest BCUT2D eigenvalue weighted by Crippen LogP contribution is -2.42. The fourth-order valence-corrected chi connectivity index (χ4v) is 5.22. The number of halogens is 1. The molecule has 0 atom stereocenters. The average molecular weight is 449 g/mol. The third-order valence-electron chi connectivity index (χ3n) is 5.75. The van der Waals surface area contributed by atoms with Gasteiger partial charge in [0, 0.05) is 16.8 Å². The number of benzene rings is 1. The van der Waals surface area contributed by atoms with Gasteiger partial charge in [0.05, 0.1) is 23.5 Å². The number of rotatable bonds is 5. The lowest BCUT2D eigenvalue weighted by atomic mass is 9.82. The molecule has 0 spiro atoms. The second kappa shape index (κ2) is 9.40. The predicted octanol–water partition coefficient (Wildman–Crippen LogP) is 6.01. The highest BCUT2D eigenvalue weighted by atomic mass is 35.5. The van der Waals surface area contributed by atoms with E-state index in [1.807, 2.05) is 26.0 Å². The summed E-state index contributed by atoms with van der Waals surface area (Å²) in [7, 11) is 1.36. The normalized spacial score (nSPS) is 19.0. The molecule has 2 N–H and O–H groups in total. The molecule has 0 aliphatic heterocycles. The third-order valence-corrected chi connectivity index (χ3v) is 7.23. The Morgan fingerprint density at radius 2 is 1.87 bits per heavy atom. The van der Waals surface area contributed by atoms with E-state index in [4.69, 9.17) is 22.1 Å². The molecule has 0 saturated heterocycles. The molecule has 5 nitrogen and oxygen atoms in total. The standard InChI is InChI=1S/C23H29ClN2O3S/c1-13(2)26(22(27)15-7-5-14(3)6-8-15)19-12-20(30-21(19)23(28)29-4)16-9-10-18(25)17(24)11-16/h9-15H,5-8,25H2,1-4H3. The van der Waals surface area contributed by atoms with Gasteiger partial charge in [-0.1, -0.05) is 24.6 Å². The van der Waals surface area contributed by atoms with Gasteiger partial charge in [-0.3, -0.25) is 4.79 Å². The number of hydrogen-bond acceptors (Lipinski definition) is 5. The van der Waals surface area contributed by atoms with Crippen molar-refractivity contribution < 1.29 is 14.3 Å². The molecule has 7 heteroatoms. The Morgan fingerprint density at radius 1 is 1.20 bits per heavy atom. The molecule has 3 rings (SSSR count). The minimum absolute atomic E-state index is 0.0107. The number of nitrogen functional groups attached to an aromatic ring is 1. The molecule has 0 unspecified atom stereocenters. The van der Waals surface area contributed by atoms with Crippen LogP contribution in [-0.4, -0.2) is 25.0 Å². The number of anilines is 2. The van der Waals surface area contributed by atoms with Crippen molar-refractivity contribution in [2.45, 2.75) is 52.5 Å². The lowest BCUT2D eigenvalue weighted by molar-refractivity contribution is -0.123. The second-order valence-electron chi connectivity index (χ2n) is 8.31. The second-order valence-corrected chi connectivity index (χ2v) is 9.77. The molecule has 162 valence electrons. The summed E-state index contributed by atoms with van der Waals surface area (Å²) in [6, 6.07) is 7.18. The number of nitrogens with two attached hydrogens (primary N) is 1. The number of nitrogens with zero attached hydrogens (tertiary/aromatic N) is 1. The summed E-state index contributed by atoms with van der Waals surface area (Å²) in [5, 5.41) is 0.454. The quantitative estimate of drug-likeness (QED) is 0.449. The van der Waals surface area contributed by atoms with Gasteiger partial charge in [0.1, 0.15) is 4.88 Å². The fraction of sp³-hybridized carbons (Fsp3) is 0.478. The molecular formula is C23H29ClN2O3S. The summed E-state index contributed by atoms with van der Waals surface area (Å²) in [6.07, 6.45) is 3.90. The van der Waals surface area contributed by atoms with Crippen molar-refractivity contribution >= 4 is 46.2 Å². The maximum atomic E-state index is 13.5. The number of esters is 1. The van der Waals surface area contributed by atoms with Crippen LogP contribution in [0.25, 0.3) is 10.4 Å². The number of carbonyl (C=O) groups is 2. The SMILES string of the molecule is COC(=O)c1sc(-c2ccc(N)c(Cl)c2)cc1N(C(=O)C1CCC(C)CC1)C(C)C. The molecule has 1 amide bonds. The van der Waals surface area contributed by atoms with Gasteiger partial charge in [-0.2, -0.15) is 0 Å². The topological polar surface area (TPSA) is 72.6 Å². The van der Waals surface area contributed by atoms with Crippen LogP contribution in [0.5, 0.6) is 0 Å². The molecule has 1 aromatic carbocycles. The van der Waals surface area contributed by atoms with Crippen LogP contribution in [0.2, 0.25) is 5.02 Å². The molecule has 1 aliphatic carbocycles. The van der Waals surface area contributed by atoms with Crippen LogP contribution in [0.1, 0.15) is 56.1 Å². The van der Waals surface area contributed by atoms with Gasteiger partial charge in [0.15, 0.2) is 0 Å². The van der Waals surface area contributed by atoms with Gasteiger partial charge in [-0.15, -0.1) is 11.3 Å². The van der Waals surface area contributed by atoms with Crippen molar-refractivity contribution in [2.75, 3.05) is 17.7 Å². The first kappa shape index (κ1) is 22.6. The molecule has 1 heterocycles. The molecular weight excluding hydrogens is 420 g/mol. The van der Waals surface area contributed by atoms with Crippen LogP contribution in [0.4, 0.5) is 11.4 Å². The van der Waals surface area contributed by atoms with Crippen molar-refractivity contribution in [2.24, 2.45) is 11.8 Å². The summed E-state index contributed by atoms with van der Waals surface area (Å²) >= 11 is 7.50. The first-order valence-electron chi connectivity index (χ1n) is 10.3. The first-order valence-corrected chi connectivity index (χ1v) is 11.5. The molecule has 1 aliphatic rings. The van der Waals surface area contributed by atoms with Gasteiger partial charge in [0.25, 0.3) is 0 Å². The van der Waals surface area contributed by atoms with E-state index < -0.39 is 5.97 Å². The third kappa shape index (κ3) is 4.65. The number of amides is 1. The molecule has 1 fully saturated rings. The Hall–Kier alpha value is -2.05. The molecule has 1 saturated carbocycles. The van der Waals surface area contributed by atoms with Crippen LogP contribution in [-0.2, 0) is 9.53 Å². The lowest BCUT2D eigenvalue weighted by Gasteiger charge is -2.33. The summed E-state index contributed by atoms with van der Waals surface area (Å²) in [5.41, 5.74) is 7.78. The monoisotopic (exact) mass is 448 g/mol. The number of thiophene rings is 1. The molecule has 1 aromatic heterocycles. The maximum absolute atomic E-state index is 13.5. The van der Waals surface area contributed by atoms with Gasteiger partial charge < -0.3 is 15.4 Å². The zero-order valence-corrected chi connectivity index (χ0v) is 19.5. The van der Waals surface area contributed by atoms with Crippen LogP contribution in [0, 0.1) is 11.8 Å². The van der Waals surface area contributed by atoms with Crippen LogP contribution in [0.15, 0.2) is 24.3 Å². The minimum atomic E-state index is -0.446. The summed E-state index contributed by atoms with van der Waals surface area (Å²) in [4.78, 5) is 29.1. The Kier molecular flexibility index (Phi) is 7.09. The Bertz CT molecular complexity index is 933. The highest BCUT2D eigenvalue weighted by Gasteiger charge is 2.33. The van der Waals surface area contributed by atoms with Crippen molar-refractivity contribution in [3.05, 3.63) is 34.2 Å². The summed E-state index contributed by atoms with van der Waals surface area (Å²) in [5.74, 6) is 0.291. The molecule has 30 heavy (non-hydrogen) atoms. The van der Waals surface area contributed by atoms with E-state index in [0.717, 1.165) is 36.1 Å². The zero-order valence-electron chi connectivity index (χ0n) is 17.9. The van der Waals surface area contributed by atoms with Crippen LogP contribution < -0.4 is 10.6 Å². The van der Waals surface area contributed by atoms with E-state index >= 15 is 0 Å². The van der Waals surface area contributed by atoms with Gasteiger partial charge >= 0.3 is 5.97 Å². The largest absolute Gasteiger partial charge is 0.465 e. The van der Waals surface area contributed by atoms with E-state index in [2.05, 4.69) is 6.92 Å². The van der Waals surface area contributed by atoms with Gasteiger partial charge in [0.2, 0.25) is 5.91 Å². The Balaban J connectivity index is 2.03. The van der Waals surface area contributed by atoms with Crippen molar-refractivity contribution in [3.63, 3.8) is 0 Å². The zero-order chi connectivity index (χ0) is 22.0.